The van der Waals surface area contributed by atoms with E-state index in [9.17, 15) is 18.4 Å². The zero-order chi connectivity index (χ0) is 19.4. The standard InChI is InChI=1S/C16H14F2N2O4S2/c1-7-11(14(21)23-2)13(26-12(7)15(22)24-3)20-16(25)19-10-5-4-8(17)6-9(10)18/h4-6H,1-3H3,(H2,19,20,25). The van der Waals surface area contributed by atoms with Gasteiger partial charge in [0.2, 0.25) is 0 Å². The van der Waals surface area contributed by atoms with E-state index in [0.717, 1.165) is 17.4 Å². The first-order valence-corrected chi connectivity index (χ1v) is 8.34. The van der Waals surface area contributed by atoms with Crippen LogP contribution in [0.25, 0.3) is 0 Å². The molecule has 0 radical (unpaired) electrons. The number of rotatable bonds is 4. The van der Waals surface area contributed by atoms with E-state index in [1.54, 1.807) is 6.92 Å². The molecule has 10 heteroatoms. The van der Waals surface area contributed by atoms with Crippen LogP contribution in [0.5, 0.6) is 0 Å². The van der Waals surface area contributed by atoms with E-state index in [1.165, 1.54) is 20.3 Å². The van der Waals surface area contributed by atoms with Crippen molar-refractivity contribution in [2.24, 2.45) is 0 Å². The summed E-state index contributed by atoms with van der Waals surface area (Å²) in [6.07, 6.45) is 0. The molecule has 0 aliphatic carbocycles. The van der Waals surface area contributed by atoms with Gasteiger partial charge in [-0.05, 0) is 36.8 Å². The molecule has 0 aliphatic rings. The second kappa shape index (κ2) is 8.19. The lowest BCUT2D eigenvalue weighted by Gasteiger charge is -2.11. The number of benzene rings is 1. The molecule has 6 nitrogen and oxygen atoms in total. The summed E-state index contributed by atoms with van der Waals surface area (Å²) in [6, 6.07) is 2.95. The van der Waals surface area contributed by atoms with Crippen molar-refractivity contribution in [2.45, 2.75) is 6.92 Å². The smallest absolute Gasteiger partial charge is 0.348 e. The molecule has 0 bridgehead atoms. The largest absolute Gasteiger partial charge is 0.465 e. The zero-order valence-electron chi connectivity index (χ0n) is 13.9. The van der Waals surface area contributed by atoms with Gasteiger partial charge in [0, 0.05) is 6.07 Å². The molecular formula is C16H14F2N2O4S2. The monoisotopic (exact) mass is 400 g/mol. The van der Waals surface area contributed by atoms with E-state index in [4.69, 9.17) is 17.0 Å². The van der Waals surface area contributed by atoms with Gasteiger partial charge in [-0.25, -0.2) is 18.4 Å². The first-order chi connectivity index (χ1) is 12.3. The first kappa shape index (κ1) is 19.7. The highest BCUT2D eigenvalue weighted by atomic mass is 32.1. The number of hydrogen-bond donors (Lipinski definition) is 2. The van der Waals surface area contributed by atoms with Crippen LogP contribution < -0.4 is 10.6 Å². The Hall–Kier alpha value is -2.59. The summed E-state index contributed by atoms with van der Waals surface area (Å²) in [5.41, 5.74) is 0.429. The predicted molar refractivity (Wildman–Crippen MR) is 97.9 cm³/mol. The molecule has 0 unspecified atom stereocenters. The van der Waals surface area contributed by atoms with E-state index in [0.29, 0.717) is 11.6 Å². The van der Waals surface area contributed by atoms with Crippen molar-refractivity contribution in [1.29, 1.82) is 0 Å². The van der Waals surface area contributed by atoms with Crippen molar-refractivity contribution in [2.75, 3.05) is 24.9 Å². The van der Waals surface area contributed by atoms with Gasteiger partial charge in [0.15, 0.2) is 5.11 Å². The quantitative estimate of drug-likeness (QED) is 0.598. The van der Waals surface area contributed by atoms with Crippen LogP contribution in [0, 0.1) is 18.6 Å². The number of hydrogen-bond acceptors (Lipinski definition) is 6. The van der Waals surface area contributed by atoms with Crippen molar-refractivity contribution >= 4 is 51.3 Å². The summed E-state index contributed by atoms with van der Waals surface area (Å²) in [5.74, 6) is -2.85. The number of carbonyl (C=O) groups excluding carboxylic acids is 2. The highest BCUT2D eigenvalue weighted by Crippen LogP contribution is 2.34. The fourth-order valence-electron chi connectivity index (χ4n) is 2.08. The summed E-state index contributed by atoms with van der Waals surface area (Å²) >= 11 is 6.04. The molecule has 0 aliphatic heterocycles. The third-order valence-electron chi connectivity index (χ3n) is 3.31. The Balaban J connectivity index is 2.31. The molecular weight excluding hydrogens is 386 g/mol. The minimum Gasteiger partial charge on any atom is -0.465 e. The molecule has 26 heavy (non-hydrogen) atoms. The Kier molecular flexibility index (Phi) is 6.22. The number of methoxy groups -OCH3 is 2. The van der Waals surface area contributed by atoms with Crippen molar-refractivity contribution < 1.29 is 27.8 Å². The maximum absolute atomic E-state index is 13.7. The number of anilines is 2. The third-order valence-corrected chi connectivity index (χ3v) is 4.70. The van der Waals surface area contributed by atoms with E-state index >= 15 is 0 Å². The Labute approximate surface area is 157 Å². The zero-order valence-corrected chi connectivity index (χ0v) is 15.6. The van der Waals surface area contributed by atoms with Gasteiger partial charge in [-0.2, -0.15) is 0 Å². The molecule has 2 N–H and O–H groups in total. The van der Waals surface area contributed by atoms with Gasteiger partial charge in [-0.1, -0.05) is 0 Å². The molecule has 0 amide bonds. The average Bonchev–Trinajstić information content (AvgIpc) is 2.92. The minimum absolute atomic E-state index is 0.0509. The van der Waals surface area contributed by atoms with Crippen LogP contribution in [-0.4, -0.2) is 31.3 Å². The molecule has 0 spiro atoms. The fraction of sp³-hybridized carbons (Fsp3) is 0.188. The molecule has 0 atom stereocenters. The molecule has 1 heterocycles. The van der Waals surface area contributed by atoms with Crippen LogP contribution in [0.15, 0.2) is 18.2 Å². The van der Waals surface area contributed by atoms with Crippen molar-refractivity contribution in [3.05, 3.63) is 45.8 Å². The lowest BCUT2D eigenvalue weighted by Crippen LogP contribution is -2.20. The van der Waals surface area contributed by atoms with Gasteiger partial charge in [-0.15, -0.1) is 11.3 Å². The second-order valence-electron chi connectivity index (χ2n) is 4.95. The van der Waals surface area contributed by atoms with Crippen molar-refractivity contribution in [3.8, 4) is 0 Å². The number of esters is 2. The lowest BCUT2D eigenvalue weighted by molar-refractivity contribution is 0.0601. The van der Waals surface area contributed by atoms with Gasteiger partial charge >= 0.3 is 11.9 Å². The summed E-state index contributed by atoms with van der Waals surface area (Å²) in [6.45, 7) is 1.57. The maximum atomic E-state index is 13.7. The Morgan fingerprint density at radius 2 is 1.77 bits per heavy atom. The number of halogens is 2. The second-order valence-corrected chi connectivity index (χ2v) is 6.38. The summed E-state index contributed by atoms with van der Waals surface area (Å²) in [5, 5.41) is 5.46. The number of ether oxygens (including phenoxy) is 2. The molecule has 2 rings (SSSR count). The van der Waals surface area contributed by atoms with Gasteiger partial charge in [0.1, 0.15) is 21.5 Å². The van der Waals surface area contributed by atoms with Gasteiger partial charge in [0.25, 0.3) is 0 Å². The molecule has 0 saturated heterocycles. The van der Waals surface area contributed by atoms with Crippen molar-refractivity contribution in [3.63, 3.8) is 0 Å². The van der Waals surface area contributed by atoms with E-state index in [-0.39, 0.29) is 26.2 Å². The average molecular weight is 400 g/mol. The summed E-state index contributed by atoms with van der Waals surface area (Å²) in [4.78, 5) is 24.1. The van der Waals surface area contributed by atoms with Gasteiger partial charge < -0.3 is 20.1 Å². The molecule has 2 aromatic rings. The molecule has 138 valence electrons. The minimum atomic E-state index is -0.833. The molecule has 0 fully saturated rings. The van der Waals surface area contributed by atoms with Crippen LogP contribution in [0.4, 0.5) is 19.5 Å². The van der Waals surface area contributed by atoms with Crippen LogP contribution in [0.2, 0.25) is 0 Å². The third kappa shape index (κ3) is 4.14. The number of carbonyl (C=O) groups is 2. The van der Waals surface area contributed by atoms with E-state index in [1.807, 2.05) is 0 Å². The Bertz CT molecular complexity index is 883. The van der Waals surface area contributed by atoms with Crippen LogP contribution in [0.3, 0.4) is 0 Å². The van der Waals surface area contributed by atoms with Crippen LogP contribution >= 0.6 is 23.6 Å². The molecule has 1 aromatic carbocycles. The number of nitrogens with one attached hydrogen (secondary N) is 2. The maximum Gasteiger partial charge on any atom is 0.348 e. The fourth-order valence-corrected chi connectivity index (χ4v) is 3.48. The van der Waals surface area contributed by atoms with Gasteiger partial charge in [0.05, 0.1) is 25.5 Å². The van der Waals surface area contributed by atoms with Crippen LogP contribution in [0.1, 0.15) is 25.6 Å². The Morgan fingerprint density at radius 1 is 1.12 bits per heavy atom. The Morgan fingerprint density at radius 3 is 2.35 bits per heavy atom. The summed E-state index contributed by atoms with van der Waals surface area (Å²) < 4.78 is 36.1. The van der Waals surface area contributed by atoms with E-state index in [2.05, 4.69) is 15.4 Å². The molecule has 0 saturated carbocycles. The predicted octanol–water partition coefficient (Wildman–Crippen LogP) is 3.72. The number of thiophene rings is 1. The van der Waals surface area contributed by atoms with Crippen molar-refractivity contribution in [1.82, 2.24) is 0 Å². The topological polar surface area (TPSA) is 76.7 Å². The number of thiocarbonyl (C=S) groups is 1. The molecule has 1 aromatic heterocycles. The lowest BCUT2D eigenvalue weighted by atomic mass is 10.1. The van der Waals surface area contributed by atoms with Crippen LogP contribution in [-0.2, 0) is 9.47 Å². The summed E-state index contributed by atoms with van der Waals surface area (Å²) in [7, 11) is 2.42. The SMILES string of the molecule is COC(=O)c1sc(NC(=S)Nc2ccc(F)cc2F)c(C(=O)OC)c1C. The highest BCUT2D eigenvalue weighted by molar-refractivity contribution is 7.80. The van der Waals surface area contributed by atoms with Gasteiger partial charge in [-0.3, -0.25) is 0 Å². The van der Waals surface area contributed by atoms with E-state index < -0.39 is 23.6 Å². The normalized spacial score (nSPS) is 10.2. The first-order valence-electron chi connectivity index (χ1n) is 7.11. The highest BCUT2D eigenvalue weighted by Gasteiger charge is 2.26.